The van der Waals surface area contributed by atoms with Gasteiger partial charge in [-0.1, -0.05) is 6.92 Å². The summed E-state index contributed by atoms with van der Waals surface area (Å²) in [7, 11) is 0. The van der Waals surface area contributed by atoms with Crippen molar-refractivity contribution in [2.24, 2.45) is 0 Å². The first-order valence-electron chi connectivity index (χ1n) is 9.90. The molecule has 0 aliphatic carbocycles. The van der Waals surface area contributed by atoms with Crippen LogP contribution in [-0.2, 0) is 0 Å². The Morgan fingerprint density at radius 2 is 2.07 bits per heavy atom. The molecule has 1 amide bonds. The highest BCUT2D eigenvalue weighted by Crippen LogP contribution is 2.41. The van der Waals surface area contributed by atoms with Crippen molar-refractivity contribution >= 4 is 23.1 Å². The number of piperidine rings is 1. The highest BCUT2D eigenvalue weighted by Gasteiger charge is 2.46. The maximum atomic E-state index is 13.6. The van der Waals surface area contributed by atoms with Crippen molar-refractivity contribution in [2.75, 3.05) is 18.4 Å². The number of anilines is 1. The third-order valence-electron chi connectivity index (χ3n) is 5.92. The normalized spacial score (nSPS) is 23.0. The van der Waals surface area contributed by atoms with E-state index in [1.165, 1.54) is 11.3 Å². The van der Waals surface area contributed by atoms with Crippen LogP contribution in [0.2, 0.25) is 0 Å². The van der Waals surface area contributed by atoms with Crippen LogP contribution in [0.15, 0.2) is 11.6 Å². The van der Waals surface area contributed by atoms with Crippen LogP contribution < -0.4 is 5.32 Å². The molecule has 10 heteroatoms. The van der Waals surface area contributed by atoms with Gasteiger partial charge in [-0.2, -0.15) is 18.3 Å². The van der Waals surface area contributed by atoms with Crippen molar-refractivity contribution in [1.82, 2.24) is 19.7 Å². The van der Waals surface area contributed by atoms with Crippen LogP contribution in [0.4, 0.5) is 19.0 Å². The fraction of sp³-hybridized carbons (Fsp3) is 0.632. The first-order valence-corrected chi connectivity index (χ1v) is 10.8. The number of alkyl halides is 3. The van der Waals surface area contributed by atoms with E-state index in [4.69, 9.17) is 0 Å². The van der Waals surface area contributed by atoms with Crippen molar-refractivity contribution < 1.29 is 18.0 Å². The molecule has 0 aromatic carbocycles. The average molecular weight is 427 g/mol. The fourth-order valence-corrected chi connectivity index (χ4v) is 4.94. The Balaban J connectivity index is 1.48. The molecular formula is C19H24F3N5OS. The molecule has 4 rings (SSSR count). The molecule has 2 aliphatic heterocycles. The number of hydrogen-bond acceptors (Lipinski definition) is 5. The summed E-state index contributed by atoms with van der Waals surface area (Å²) in [5, 5.41) is 7.54. The highest BCUT2D eigenvalue weighted by molar-refractivity contribution is 7.11. The summed E-state index contributed by atoms with van der Waals surface area (Å²) in [6.45, 7) is 4.84. The van der Waals surface area contributed by atoms with Gasteiger partial charge < -0.3 is 10.2 Å². The predicted octanol–water partition coefficient (Wildman–Crippen LogP) is 4.37. The lowest BCUT2D eigenvalue weighted by Crippen LogP contribution is -2.39. The number of halogens is 3. The molecule has 0 bridgehead atoms. The Hall–Kier alpha value is -2.10. The van der Waals surface area contributed by atoms with Gasteiger partial charge >= 0.3 is 6.18 Å². The summed E-state index contributed by atoms with van der Waals surface area (Å²) in [5.41, 5.74) is 3.08. The zero-order valence-corrected chi connectivity index (χ0v) is 17.2. The van der Waals surface area contributed by atoms with Crippen LogP contribution in [-0.4, -0.2) is 50.9 Å². The number of aryl methyl sites for hydroxylation is 1. The van der Waals surface area contributed by atoms with Gasteiger partial charge in [-0.3, -0.25) is 4.79 Å². The minimum Gasteiger partial charge on any atom is -0.367 e. The van der Waals surface area contributed by atoms with Crippen molar-refractivity contribution in [2.45, 2.75) is 63.7 Å². The molecule has 158 valence electrons. The Morgan fingerprint density at radius 3 is 2.66 bits per heavy atom. The number of likely N-dealkylation sites (tertiary alicyclic amines) is 1. The quantitative estimate of drug-likeness (QED) is 0.790. The number of carbonyl (C=O) groups is 1. The van der Waals surface area contributed by atoms with Gasteiger partial charge in [-0.25, -0.2) is 9.67 Å². The van der Waals surface area contributed by atoms with Gasteiger partial charge in [0.25, 0.3) is 5.91 Å². The van der Waals surface area contributed by atoms with E-state index in [9.17, 15) is 18.0 Å². The van der Waals surface area contributed by atoms with Gasteiger partial charge in [0, 0.05) is 31.1 Å². The summed E-state index contributed by atoms with van der Waals surface area (Å²) >= 11 is 1.34. The van der Waals surface area contributed by atoms with Gasteiger partial charge in [-0.05, 0) is 32.6 Å². The Morgan fingerprint density at radius 1 is 1.34 bits per heavy atom. The van der Waals surface area contributed by atoms with Gasteiger partial charge in [0.1, 0.15) is 10.7 Å². The average Bonchev–Trinajstić information content (AvgIpc) is 3.31. The second-order valence-electron chi connectivity index (χ2n) is 7.78. The molecule has 6 nitrogen and oxygen atoms in total. The van der Waals surface area contributed by atoms with Gasteiger partial charge in [0.2, 0.25) is 0 Å². The maximum absolute atomic E-state index is 13.6. The zero-order valence-electron chi connectivity index (χ0n) is 16.4. The molecule has 0 radical (unpaired) electrons. The van der Waals surface area contributed by atoms with Crippen LogP contribution in [0.3, 0.4) is 0 Å². The molecule has 0 unspecified atom stereocenters. The van der Waals surface area contributed by atoms with Crippen molar-refractivity contribution in [1.29, 1.82) is 0 Å². The van der Waals surface area contributed by atoms with E-state index in [0.717, 1.165) is 10.4 Å². The molecular weight excluding hydrogens is 403 g/mol. The number of fused-ring (bicyclic) bond motifs is 1. The summed E-state index contributed by atoms with van der Waals surface area (Å²) in [4.78, 5) is 19.2. The third kappa shape index (κ3) is 3.86. The van der Waals surface area contributed by atoms with Crippen LogP contribution in [0, 0.1) is 6.92 Å². The zero-order chi connectivity index (χ0) is 20.8. The Kier molecular flexibility index (Phi) is 5.30. The molecule has 29 heavy (non-hydrogen) atoms. The third-order valence-corrected chi connectivity index (χ3v) is 6.84. The summed E-state index contributed by atoms with van der Waals surface area (Å²) < 4.78 is 41.8. The predicted molar refractivity (Wildman–Crippen MR) is 104 cm³/mol. The first kappa shape index (κ1) is 20.2. The largest absolute Gasteiger partial charge is 0.410 e. The second-order valence-corrected chi connectivity index (χ2v) is 8.63. The topological polar surface area (TPSA) is 63.1 Å². The molecule has 1 N–H and O–H groups in total. The number of nitrogens with zero attached hydrogens (tertiary/aromatic N) is 4. The lowest BCUT2D eigenvalue weighted by atomic mass is 9.93. The number of thiazole rings is 1. The molecule has 1 saturated heterocycles. The van der Waals surface area contributed by atoms with Gasteiger partial charge in [-0.15, -0.1) is 11.3 Å². The molecule has 0 spiro atoms. The van der Waals surface area contributed by atoms with Crippen LogP contribution in [0.25, 0.3) is 0 Å². The SMILES string of the molecule is CC[C@@H]1C[C@H](C(F)(F)F)n2nc(C3CCN(C(=O)c4scnc4C)CC3)cc2N1. The highest BCUT2D eigenvalue weighted by atomic mass is 32.1. The number of aromatic nitrogens is 3. The number of carbonyl (C=O) groups excluding carboxylic acids is 1. The number of nitrogens with one attached hydrogen (secondary N) is 1. The van der Waals surface area contributed by atoms with E-state index >= 15 is 0 Å². The van der Waals surface area contributed by atoms with Crippen LogP contribution >= 0.6 is 11.3 Å². The van der Waals surface area contributed by atoms with E-state index in [-0.39, 0.29) is 24.3 Å². The lowest BCUT2D eigenvalue weighted by molar-refractivity contribution is -0.173. The smallest absolute Gasteiger partial charge is 0.367 e. The molecule has 1 fully saturated rings. The minimum absolute atomic E-state index is 0.00470. The molecule has 2 aromatic rings. The van der Waals surface area contributed by atoms with E-state index < -0.39 is 12.2 Å². The number of rotatable bonds is 3. The first-order chi connectivity index (χ1) is 13.8. The lowest BCUT2D eigenvalue weighted by Gasteiger charge is -2.32. The molecule has 2 atom stereocenters. The molecule has 2 aromatic heterocycles. The number of hydrogen-bond donors (Lipinski definition) is 1. The summed E-state index contributed by atoms with van der Waals surface area (Å²) in [6.07, 6.45) is -2.32. The van der Waals surface area contributed by atoms with Gasteiger partial charge in [0.05, 0.1) is 16.9 Å². The van der Waals surface area contributed by atoms with Crippen molar-refractivity contribution in [3.8, 4) is 0 Å². The maximum Gasteiger partial charge on any atom is 0.410 e. The van der Waals surface area contributed by atoms with E-state index in [0.29, 0.717) is 48.7 Å². The van der Waals surface area contributed by atoms with E-state index in [1.807, 2.05) is 13.8 Å². The minimum atomic E-state index is -4.32. The Bertz CT molecular complexity index is 885. The summed E-state index contributed by atoms with van der Waals surface area (Å²) in [5.74, 6) is 0.479. The fourth-order valence-electron chi connectivity index (χ4n) is 4.17. The van der Waals surface area contributed by atoms with Crippen LogP contribution in [0.5, 0.6) is 0 Å². The monoisotopic (exact) mass is 427 g/mol. The molecule has 0 saturated carbocycles. The van der Waals surface area contributed by atoms with Crippen LogP contribution in [0.1, 0.15) is 65.6 Å². The molecule has 4 heterocycles. The van der Waals surface area contributed by atoms with E-state index in [2.05, 4.69) is 15.4 Å². The van der Waals surface area contributed by atoms with E-state index in [1.54, 1.807) is 16.5 Å². The van der Waals surface area contributed by atoms with Crippen molar-refractivity contribution in [3.63, 3.8) is 0 Å². The van der Waals surface area contributed by atoms with Gasteiger partial charge in [0.15, 0.2) is 6.04 Å². The Labute approximate surface area is 171 Å². The van der Waals surface area contributed by atoms with Crippen molar-refractivity contribution in [3.05, 3.63) is 27.8 Å². The summed E-state index contributed by atoms with van der Waals surface area (Å²) in [6, 6.07) is -0.0371. The number of amides is 1. The molecule has 2 aliphatic rings. The standard InChI is InChI=1S/C19H24F3N5OS/c1-3-13-8-15(19(20,21)22)27-16(24-13)9-14(25-27)12-4-6-26(7-5-12)18(28)17-11(2)23-10-29-17/h9-10,12-13,15,24H,3-8H2,1-2H3/t13-,15-/m1/s1. The second kappa shape index (κ2) is 7.62.